The van der Waals surface area contributed by atoms with Crippen molar-refractivity contribution in [3.05, 3.63) is 107 Å². The number of rotatable bonds is 13. The van der Waals surface area contributed by atoms with Gasteiger partial charge in [-0.25, -0.2) is 26.3 Å². The van der Waals surface area contributed by atoms with Gasteiger partial charge in [0.25, 0.3) is 0 Å². The van der Waals surface area contributed by atoms with E-state index in [1.165, 1.54) is 121 Å². The van der Waals surface area contributed by atoms with Gasteiger partial charge in [-0.3, -0.25) is 0 Å². The Hall–Kier alpha value is -3.70. The Labute approximate surface area is 441 Å². The lowest BCUT2D eigenvalue weighted by Gasteiger charge is -2.39. The van der Waals surface area contributed by atoms with Crippen molar-refractivity contribution in [3.63, 3.8) is 0 Å². The second-order valence-electron chi connectivity index (χ2n) is 24.0. The molecule has 0 radical (unpaired) electrons. The highest BCUT2D eigenvalue weighted by Gasteiger charge is 2.47. The van der Waals surface area contributed by atoms with Crippen LogP contribution in [0.3, 0.4) is 0 Å². The summed E-state index contributed by atoms with van der Waals surface area (Å²) in [5, 5.41) is 0. The fourth-order valence-electron chi connectivity index (χ4n) is 14.2. The Balaban J connectivity index is 0.000000166. The molecule has 0 saturated heterocycles. The lowest BCUT2D eigenvalue weighted by Crippen LogP contribution is -2.38. The fraction of sp³-hybridized carbons (Fsp3) is 0.683. The van der Waals surface area contributed by atoms with E-state index in [1.807, 2.05) is 0 Å². The van der Waals surface area contributed by atoms with Crippen molar-refractivity contribution >= 4 is 0 Å². The molecule has 12 heteroatoms. The van der Waals surface area contributed by atoms with Gasteiger partial charge in [0.15, 0.2) is 34.9 Å². The van der Waals surface area contributed by atoms with Crippen LogP contribution in [0.25, 0.3) is 0 Å². The fourth-order valence-corrected chi connectivity index (χ4v) is 14.2. The molecule has 3 aromatic rings. The monoisotopic (exact) mass is 1060 g/mol. The van der Waals surface area contributed by atoms with Crippen LogP contribution in [0.4, 0.5) is 43.9 Å². The van der Waals surface area contributed by atoms with Crippen LogP contribution in [0.5, 0.6) is 11.5 Å². The van der Waals surface area contributed by atoms with Crippen molar-refractivity contribution in [1.82, 2.24) is 0 Å². The van der Waals surface area contributed by atoms with Crippen molar-refractivity contribution in [3.8, 4) is 11.5 Å². The Morgan fingerprint density at radius 1 is 0.480 bits per heavy atom. The zero-order valence-electron chi connectivity index (χ0n) is 44.8. The molecule has 0 bridgehead atoms. The van der Waals surface area contributed by atoms with E-state index in [9.17, 15) is 43.9 Å². The maximum Gasteiger partial charge on any atom is 0.400 e. The minimum absolute atomic E-state index is 0.329. The first-order chi connectivity index (χ1) is 35.8. The summed E-state index contributed by atoms with van der Waals surface area (Å²) >= 11 is 0. The molecule has 6 fully saturated rings. The molecule has 0 N–H and O–H groups in total. The SMILES string of the molecule is C=CC1CCC(C2CCC(c3ccc(C)cc3)CC2)CC1.CC1CCC(C2CCC(C(F)(F)Oc3cc(F)c(F)c(F)c3)CC2)CC1.CCCC1CCC(C2CCC(C(F)(F)Oc3cc(F)c(F)c(F)c3)CC2)CC1. The van der Waals surface area contributed by atoms with Crippen molar-refractivity contribution in [2.75, 3.05) is 0 Å². The van der Waals surface area contributed by atoms with Gasteiger partial charge in [-0.1, -0.05) is 88.3 Å². The first kappa shape index (κ1) is 59.0. The Kier molecular flexibility index (Phi) is 21.4. The molecule has 0 unspecified atom stereocenters. The largest absolute Gasteiger partial charge is 0.432 e. The molecule has 6 aliphatic carbocycles. The van der Waals surface area contributed by atoms with Crippen LogP contribution in [0.2, 0.25) is 0 Å². The van der Waals surface area contributed by atoms with E-state index in [1.54, 1.807) is 5.56 Å². The molecule has 75 heavy (non-hydrogen) atoms. The van der Waals surface area contributed by atoms with Gasteiger partial charge in [0.1, 0.15) is 11.5 Å². The molecule has 2 nitrogen and oxygen atoms in total. The highest BCUT2D eigenvalue weighted by atomic mass is 19.3. The smallest absolute Gasteiger partial charge is 0.400 e. The normalized spacial score (nSPS) is 30.7. The number of benzene rings is 3. The predicted molar refractivity (Wildman–Crippen MR) is 278 cm³/mol. The summed E-state index contributed by atoms with van der Waals surface area (Å²) in [5.41, 5.74) is 2.96. The third kappa shape index (κ3) is 16.4. The van der Waals surface area contributed by atoms with Gasteiger partial charge in [-0.2, -0.15) is 17.6 Å². The minimum atomic E-state index is -3.53. The number of alkyl halides is 4. The van der Waals surface area contributed by atoms with Crippen molar-refractivity contribution < 1.29 is 53.4 Å². The number of hydrogen-bond donors (Lipinski definition) is 0. The van der Waals surface area contributed by atoms with Gasteiger partial charge < -0.3 is 9.47 Å². The topological polar surface area (TPSA) is 18.5 Å². The quantitative estimate of drug-likeness (QED) is 0.0965. The van der Waals surface area contributed by atoms with Gasteiger partial charge in [0.05, 0.1) is 11.8 Å². The minimum Gasteiger partial charge on any atom is -0.432 e. The molecule has 0 heterocycles. The van der Waals surface area contributed by atoms with Gasteiger partial charge in [-0.05, 0) is 200 Å². The van der Waals surface area contributed by atoms with E-state index in [2.05, 4.69) is 67.2 Å². The van der Waals surface area contributed by atoms with Crippen LogP contribution >= 0.6 is 0 Å². The molecule has 6 aliphatic rings. The van der Waals surface area contributed by atoms with Crippen molar-refractivity contribution in [2.45, 2.75) is 206 Å². The second kappa shape index (κ2) is 27.3. The zero-order valence-corrected chi connectivity index (χ0v) is 44.8. The van der Waals surface area contributed by atoms with Crippen LogP contribution in [0.15, 0.2) is 61.2 Å². The molecule has 3 aromatic carbocycles. The molecule has 6 saturated carbocycles. The summed E-state index contributed by atoms with van der Waals surface area (Å²) in [6.45, 7) is 10.6. The molecular weight excluding hydrogens is 979 g/mol. The highest BCUT2D eigenvalue weighted by Crippen LogP contribution is 2.49. The molecule has 0 aliphatic heterocycles. The number of hydrogen-bond acceptors (Lipinski definition) is 2. The first-order valence-corrected chi connectivity index (χ1v) is 28.9. The number of ether oxygens (including phenoxy) is 2. The maximum atomic E-state index is 14.5. The molecule has 0 aromatic heterocycles. The van der Waals surface area contributed by atoms with Crippen LogP contribution < -0.4 is 9.47 Å². The van der Waals surface area contributed by atoms with Crippen molar-refractivity contribution in [1.29, 1.82) is 0 Å². The summed E-state index contributed by atoms with van der Waals surface area (Å²) < 4.78 is 146. The number of aryl methyl sites for hydroxylation is 1. The Morgan fingerprint density at radius 3 is 1.17 bits per heavy atom. The molecular formula is C63H84F10O2. The summed E-state index contributed by atoms with van der Waals surface area (Å²) in [7, 11) is 0. The summed E-state index contributed by atoms with van der Waals surface area (Å²) in [6.07, 6.45) is 23.0. The van der Waals surface area contributed by atoms with Crippen LogP contribution in [0, 0.1) is 107 Å². The highest BCUT2D eigenvalue weighted by molar-refractivity contribution is 5.27. The number of allylic oxidation sites excluding steroid dienone is 1. The van der Waals surface area contributed by atoms with E-state index < -0.39 is 70.5 Å². The molecule has 0 atom stereocenters. The van der Waals surface area contributed by atoms with Gasteiger partial charge >= 0.3 is 12.2 Å². The van der Waals surface area contributed by atoms with Gasteiger partial charge in [0.2, 0.25) is 0 Å². The van der Waals surface area contributed by atoms with E-state index in [0.717, 1.165) is 61.2 Å². The standard InChI is InChI=1S/C22H29F5O.C21H30.C20H25F5O/c1-2-3-14-4-6-15(7-5-14)16-8-10-17(11-9-16)22(26,27)28-18-12-19(23)21(25)20(24)13-18;1-3-17-6-10-19(11-7-17)21-14-12-20(13-15-21)18-8-4-16(2)5-9-18;1-12-2-4-13(5-3-12)14-6-8-15(9-7-14)20(24,25)26-16-10-17(21)19(23)18(22)11-16/h12-17H,2-11H2,1H3;3-5,8-9,17,19-21H,1,6-7,10-15H2,2H3;10-15H,2-9H2,1H3. The lowest BCUT2D eigenvalue weighted by atomic mass is 9.68. The zero-order chi connectivity index (χ0) is 53.9. The van der Waals surface area contributed by atoms with Crippen LogP contribution in [0.1, 0.15) is 198 Å². The summed E-state index contributed by atoms with van der Waals surface area (Å²) in [6, 6.07) is 11.1. The summed E-state index contributed by atoms with van der Waals surface area (Å²) in [5.74, 6) is -5.40. The average Bonchev–Trinajstić information content (AvgIpc) is 3.40. The Morgan fingerprint density at radius 2 is 0.813 bits per heavy atom. The molecule has 9 rings (SSSR count). The van der Waals surface area contributed by atoms with Gasteiger partial charge in [0, 0.05) is 24.3 Å². The third-order valence-electron chi connectivity index (χ3n) is 19.0. The van der Waals surface area contributed by atoms with E-state index in [4.69, 9.17) is 0 Å². The van der Waals surface area contributed by atoms with Crippen LogP contribution in [-0.2, 0) is 0 Å². The first-order valence-electron chi connectivity index (χ1n) is 28.9. The molecule has 0 spiro atoms. The molecule has 0 amide bonds. The molecule has 418 valence electrons. The lowest BCUT2D eigenvalue weighted by molar-refractivity contribution is -0.225. The average molecular weight is 1060 g/mol. The van der Waals surface area contributed by atoms with Gasteiger partial charge in [-0.15, -0.1) is 6.58 Å². The summed E-state index contributed by atoms with van der Waals surface area (Å²) in [4.78, 5) is 0. The predicted octanol–water partition coefficient (Wildman–Crippen LogP) is 20.5. The van der Waals surface area contributed by atoms with E-state index >= 15 is 0 Å². The van der Waals surface area contributed by atoms with E-state index in [0.29, 0.717) is 73.6 Å². The third-order valence-corrected chi connectivity index (χ3v) is 19.0. The second-order valence-corrected chi connectivity index (χ2v) is 24.0. The van der Waals surface area contributed by atoms with E-state index in [-0.39, 0.29) is 0 Å². The maximum absolute atomic E-state index is 14.5. The number of halogens is 10. The Bertz CT molecular complexity index is 2160. The van der Waals surface area contributed by atoms with Crippen molar-refractivity contribution in [2.24, 2.45) is 65.1 Å². The van der Waals surface area contributed by atoms with Crippen LogP contribution in [-0.4, -0.2) is 12.2 Å².